The van der Waals surface area contributed by atoms with Gasteiger partial charge in [-0.2, -0.15) is 0 Å². The Morgan fingerprint density at radius 1 is 1.64 bits per heavy atom. The Morgan fingerprint density at radius 3 is 2.55 bits per heavy atom. The van der Waals surface area contributed by atoms with Crippen LogP contribution in [-0.4, -0.2) is 29.1 Å². The van der Waals surface area contributed by atoms with Crippen LogP contribution >= 0.6 is 0 Å². The largest absolute Gasteiger partial charge is 0.480 e. The summed E-state index contributed by atoms with van der Waals surface area (Å²) in [5, 5.41) is 10.9. The summed E-state index contributed by atoms with van der Waals surface area (Å²) in [4.78, 5) is 10.4. The van der Waals surface area contributed by atoms with Crippen LogP contribution in [0, 0.1) is 5.92 Å². The molecule has 2 fully saturated rings. The number of piperidine rings is 1. The van der Waals surface area contributed by atoms with Gasteiger partial charge >= 0.3 is 5.97 Å². The smallest absolute Gasteiger partial charge is 0.330 e. The second kappa shape index (κ2) is 1.55. The Morgan fingerprint density at radius 2 is 2.27 bits per heavy atom. The van der Waals surface area contributed by atoms with Crippen molar-refractivity contribution in [2.75, 3.05) is 6.54 Å². The fourth-order valence-electron chi connectivity index (χ4n) is 1.89. The van der Waals surface area contributed by atoms with Crippen LogP contribution in [0.2, 0.25) is 0 Å². The number of carbonyl (C=O) groups is 1. The maximum absolute atomic E-state index is 12.7. The van der Waals surface area contributed by atoms with Gasteiger partial charge in [-0.05, 0) is 13.0 Å². The minimum absolute atomic E-state index is 0.263. The zero-order chi connectivity index (χ0) is 8.28. The van der Waals surface area contributed by atoms with E-state index in [0.29, 0.717) is 6.54 Å². The lowest BCUT2D eigenvalue weighted by Crippen LogP contribution is -2.42. The standard InChI is InChI=1S/C6H7F2NO2/c7-6(8)3-1-2-9-5(3,6)4(10)11/h3,9H,1-2H2,(H,10,11). The molecular formula is C6H7F2NO2. The first-order chi connectivity index (χ1) is 5.03. The van der Waals surface area contributed by atoms with E-state index in [4.69, 9.17) is 5.11 Å². The fraction of sp³-hybridized carbons (Fsp3) is 0.833. The van der Waals surface area contributed by atoms with Crippen LogP contribution in [0.25, 0.3) is 0 Å². The van der Waals surface area contributed by atoms with E-state index in [1.165, 1.54) is 0 Å². The molecule has 0 aromatic heterocycles. The van der Waals surface area contributed by atoms with Crippen molar-refractivity contribution in [1.29, 1.82) is 0 Å². The van der Waals surface area contributed by atoms with E-state index in [-0.39, 0.29) is 6.42 Å². The van der Waals surface area contributed by atoms with Gasteiger partial charge in [0.2, 0.25) is 0 Å². The molecule has 2 N–H and O–H groups in total. The van der Waals surface area contributed by atoms with Crippen molar-refractivity contribution in [3.63, 3.8) is 0 Å². The van der Waals surface area contributed by atoms with Gasteiger partial charge in [0.15, 0.2) is 5.54 Å². The summed E-state index contributed by atoms with van der Waals surface area (Å²) < 4.78 is 25.4. The number of hydrogen-bond acceptors (Lipinski definition) is 2. The molecule has 0 spiro atoms. The number of hydrogen-bond donors (Lipinski definition) is 2. The second-order valence-corrected chi connectivity index (χ2v) is 3.00. The molecule has 5 heteroatoms. The van der Waals surface area contributed by atoms with E-state index in [2.05, 4.69) is 5.32 Å². The first-order valence-corrected chi connectivity index (χ1v) is 3.39. The van der Waals surface area contributed by atoms with Crippen molar-refractivity contribution in [3.05, 3.63) is 0 Å². The Hall–Kier alpha value is -0.710. The van der Waals surface area contributed by atoms with E-state index >= 15 is 0 Å². The SMILES string of the molecule is O=C(O)C12NCCC1C2(F)F. The highest BCUT2D eigenvalue weighted by Crippen LogP contribution is 2.63. The molecule has 0 aromatic carbocycles. The van der Waals surface area contributed by atoms with E-state index in [1.54, 1.807) is 0 Å². The first-order valence-electron chi connectivity index (χ1n) is 3.39. The molecule has 1 aliphatic heterocycles. The maximum Gasteiger partial charge on any atom is 0.330 e. The number of carboxylic acid groups (broad SMARTS) is 1. The zero-order valence-corrected chi connectivity index (χ0v) is 5.60. The molecule has 1 saturated heterocycles. The number of aliphatic carboxylic acids is 1. The number of rotatable bonds is 1. The molecule has 2 atom stereocenters. The molecule has 2 rings (SSSR count). The molecule has 2 unspecified atom stereocenters. The molecule has 0 aromatic rings. The molecule has 0 radical (unpaired) electrons. The van der Waals surface area contributed by atoms with Crippen molar-refractivity contribution < 1.29 is 18.7 Å². The number of nitrogens with one attached hydrogen (secondary N) is 1. The van der Waals surface area contributed by atoms with Gasteiger partial charge in [0.05, 0.1) is 5.92 Å². The molecule has 11 heavy (non-hydrogen) atoms. The Balaban J connectivity index is 2.33. The van der Waals surface area contributed by atoms with Crippen LogP contribution < -0.4 is 5.32 Å². The lowest BCUT2D eigenvalue weighted by Gasteiger charge is -2.09. The number of alkyl halides is 2. The predicted molar refractivity (Wildman–Crippen MR) is 31.4 cm³/mol. The van der Waals surface area contributed by atoms with Crippen LogP contribution in [0.3, 0.4) is 0 Å². The maximum atomic E-state index is 12.7. The van der Waals surface area contributed by atoms with Gasteiger partial charge < -0.3 is 5.11 Å². The van der Waals surface area contributed by atoms with Crippen LogP contribution in [0.5, 0.6) is 0 Å². The summed E-state index contributed by atoms with van der Waals surface area (Å²) in [5.41, 5.74) is -1.91. The molecule has 3 nitrogen and oxygen atoms in total. The van der Waals surface area contributed by atoms with Gasteiger partial charge in [-0.3, -0.25) is 5.32 Å². The summed E-state index contributed by atoms with van der Waals surface area (Å²) >= 11 is 0. The number of fused-ring (bicyclic) bond motifs is 1. The molecule has 0 amide bonds. The minimum Gasteiger partial charge on any atom is -0.480 e. The Labute approximate surface area is 61.4 Å². The van der Waals surface area contributed by atoms with Crippen molar-refractivity contribution >= 4 is 5.97 Å². The van der Waals surface area contributed by atoms with E-state index in [9.17, 15) is 13.6 Å². The normalized spacial score (nSPS) is 45.1. The quantitative estimate of drug-likeness (QED) is 0.575. The lowest BCUT2D eigenvalue weighted by molar-refractivity contribution is -0.143. The topological polar surface area (TPSA) is 49.3 Å². The van der Waals surface area contributed by atoms with Crippen LogP contribution in [-0.2, 0) is 4.79 Å². The van der Waals surface area contributed by atoms with Crippen molar-refractivity contribution in [3.8, 4) is 0 Å². The Kier molecular flexibility index (Phi) is 0.982. The highest BCUT2D eigenvalue weighted by Gasteiger charge is 2.87. The monoisotopic (exact) mass is 163 g/mol. The van der Waals surface area contributed by atoms with Crippen LogP contribution in [0.1, 0.15) is 6.42 Å². The van der Waals surface area contributed by atoms with E-state index < -0.39 is 23.3 Å². The summed E-state index contributed by atoms with van der Waals surface area (Å²) in [5.74, 6) is -5.44. The highest BCUT2D eigenvalue weighted by atomic mass is 19.3. The van der Waals surface area contributed by atoms with E-state index in [0.717, 1.165) is 0 Å². The van der Waals surface area contributed by atoms with Gasteiger partial charge in [0, 0.05) is 0 Å². The Bertz CT molecular complexity index is 231. The summed E-state index contributed by atoms with van der Waals surface area (Å²) in [7, 11) is 0. The third-order valence-corrected chi connectivity index (χ3v) is 2.58. The zero-order valence-electron chi connectivity index (χ0n) is 5.60. The van der Waals surface area contributed by atoms with Crippen LogP contribution in [0.15, 0.2) is 0 Å². The number of carboxylic acids is 1. The molecule has 2 aliphatic rings. The third-order valence-electron chi connectivity index (χ3n) is 2.58. The molecule has 62 valence electrons. The lowest BCUT2D eigenvalue weighted by atomic mass is 10.2. The van der Waals surface area contributed by atoms with Gasteiger partial charge in [0.1, 0.15) is 0 Å². The second-order valence-electron chi connectivity index (χ2n) is 3.00. The number of halogens is 2. The highest BCUT2D eigenvalue weighted by molar-refractivity contribution is 5.87. The average molecular weight is 163 g/mol. The third kappa shape index (κ3) is 0.504. The minimum atomic E-state index is -3.03. The molecule has 1 heterocycles. The summed E-state index contributed by atoms with van der Waals surface area (Å²) in [6, 6.07) is 0. The van der Waals surface area contributed by atoms with Gasteiger partial charge in [-0.15, -0.1) is 0 Å². The molecule has 0 bridgehead atoms. The molecular weight excluding hydrogens is 156 g/mol. The molecule has 1 aliphatic carbocycles. The van der Waals surface area contributed by atoms with Crippen LogP contribution in [0.4, 0.5) is 8.78 Å². The summed E-state index contributed by atoms with van der Waals surface area (Å²) in [6.07, 6.45) is 0.263. The average Bonchev–Trinajstić information content (AvgIpc) is 2.25. The van der Waals surface area contributed by atoms with Crippen molar-refractivity contribution in [1.82, 2.24) is 5.32 Å². The predicted octanol–water partition coefficient (Wildman–Crippen LogP) is 0.0682. The van der Waals surface area contributed by atoms with Crippen molar-refractivity contribution in [2.45, 2.75) is 17.9 Å². The van der Waals surface area contributed by atoms with Gasteiger partial charge in [0.25, 0.3) is 5.92 Å². The van der Waals surface area contributed by atoms with Gasteiger partial charge in [-0.1, -0.05) is 0 Å². The van der Waals surface area contributed by atoms with Crippen molar-refractivity contribution in [2.24, 2.45) is 5.92 Å². The molecule has 1 saturated carbocycles. The van der Waals surface area contributed by atoms with E-state index in [1.807, 2.05) is 0 Å². The first kappa shape index (κ1) is 6.97. The summed E-state index contributed by atoms with van der Waals surface area (Å²) in [6.45, 7) is 0.382. The van der Waals surface area contributed by atoms with Gasteiger partial charge in [-0.25, -0.2) is 13.6 Å². The fourth-order valence-corrected chi connectivity index (χ4v) is 1.89.